The van der Waals surface area contributed by atoms with Crippen LogP contribution in [0.1, 0.15) is 117 Å². The Labute approximate surface area is 323 Å². The van der Waals surface area contributed by atoms with E-state index in [9.17, 15) is 19.8 Å². The molecule has 2 heterocycles. The number of carbonyl (C=O) groups is 2. The van der Waals surface area contributed by atoms with Crippen LogP contribution in [0.25, 0.3) is 0 Å². The van der Waals surface area contributed by atoms with Gasteiger partial charge in [-0.1, -0.05) is 72.1 Å². The third-order valence-corrected chi connectivity index (χ3v) is 16.9. The van der Waals surface area contributed by atoms with Gasteiger partial charge in [0, 0.05) is 35.1 Å². The van der Waals surface area contributed by atoms with Crippen LogP contribution in [0.4, 0.5) is 0 Å². The average Bonchev–Trinajstić information content (AvgIpc) is 3.53. The number of carbonyl (C=O) groups excluding carboxylic acids is 2. The molecule has 4 unspecified atom stereocenters. The second kappa shape index (κ2) is 14.4. The number of rotatable bonds is 10. The van der Waals surface area contributed by atoms with Gasteiger partial charge in [-0.3, -0.25) is 0 Å². The molecule has 10 atom stereocenters. The molecule has 8 nitrogen and oxygen atoms in total. The van der Waals surface area contributed by atoms with Gasteiger partial charge in [-0.25, -0.2) is 9.59 Å². The summed E-state index contributed by atoms with van der Waals surface area (Å²) >= 11 is 0. The van der Waals surface area contributed by atoms with Crippen molar-refractivity contribution in [2.75, 3.05) is 6.61 Å². The van der Waals surface area contributed by atoms with E-state index in [1.165, 1.54) is 24.8 Å². The summed E-state index contributed by atoms with van der Waals surface area (Å²) in [5, 5.41) is 23.4. The molecule has 2 aromatic rings. The Morgan fingerprint density at radius 1 is 0.759 bits per heavy atom. The highest BCUT2D eigenvalue weighted by atomic mass is 16.5. The molecule has 0 amide bonds. The summed E-state index contributed by atoms with van der Waals surface area (Å²) in [4.78, 5) is 26.7. The summed E-state index contributed by atoms with van der Waals surface area (Å²) in [5.74, 6) is 1.89. The fraction of sp³-hybridized carbons (Fsp3) is 0.696. The molecule has 54 heavy (non-hydrogen) atoms. The van der Waals surface area contributed by atoms with Crippen molar-refractivity contribution in [2.24, 2.45) is 56.7 Å². The molecule has 0 aliphatic heterocycles. The van der Waals surface area contributed by atoms with E-state index in [1.807, 2.05) is 24.3 Å². The third-order valence-electron chi connectivity index (χ3n) is 16.9. The molecule has 8 heteroatoms. The van der Waals surface area contributed by atoms with E-state index in [0.717, 1.165) is 44.9 Å². The fourth-order valence-corrected chi connectivity index (χ4v) is 14.1. The van der Waals surface area contributed by atoms with Gasteiger partial charge in [0.2, 0.25) is 13.1 Å². The van der Waals surface area contributed by atoms with Crippen LogP contribution in [-0.2, 0) is 45.4 Å². The predicted molar refractivity (Wildman–Crippen MR) is 200 cm³/mol. The molecular weight excluding hydrogens is 677 g/mol. The number of allylic oxidation sites excluding steroid dienone is 1. The Hall–Kier alpha value is -3.10. The van der Waals surface area contributed by atoms with Gasteiger partial charge in [-0.15, -0.1) is 0 Å². The summed E-state index contributed by atoms with van der Waals surface area (Å²) in [6, 6.07) is 10.9. The number of ether oxygens (including phenoxy) is 2. The molecule has 0 N–H and O–H groups in total. The molecule has 0 bridgehead atoms. The maximum atomic E-state index is 13.3. The summed E-state index contributed by atoms with van der Waals surface area (Å²) in [7, 11) is 0. The first kappa shape index (κ1) is 39.1. The van der Waals surface area contributed by atoms with Crippen molar-refractivity contribution >= 4 is 11.9 Å². The number of aromatic nitrogens is 2. The standard InChI is InChI=1S/C46H64N2O6/c1-31(2)34-16-21-46(30-53-39(51)26-47-24-10-8-12-32(47)28-49)23-22-44(6)35(41(34)46)14-15-37-43(5)19-18-38(42(3,4)36(43)17-20-45(37,44)7)54-40(52)27-48-25-11-9-13-33(48)29-50/h8-13,24-25,34-38,41H,1,14-23,26-30H2,2-7H3/t34-,35?,36?,37?,38-,41?,43-,44+,45+,46+/m0/s1. The van der Waals surface area contributed by atoms with Gasteiger partial charge in [-0.2, -0.15) is 9.13 Å². The Kier molecular flexibility index (Phi) is 10.5. The minimum absolute atomic E-state index is 0.0487. The zero-order chi connectivity index (χ0) is 38.7. The van der Waals surface area contributed by atoms with Gasteiger partial charge in [0.15, 0.2) is 23.8 Å². The molecule has 5 aliphatic rings. The summed E-state index contributed by atoms with van der Waals surface area (Å²) < 4.78 is 16.0. The highest BCUT2D eigenvalue weighted by Crippen LogP contribution is 2.77. The van der Waals surface area contributed by atoms with Gasteiger partial charge in [0.05, 0.1) is 6.61 Å². The van der Waals surface area contributed by atoms with Crippen molar-refractivity contribution in [1.82, 2.24) is 0 Å². The van der Waals surface area contributed by atoms with E-state index in [0.29, 0.717) is 47.6 Å². The largest absolute Gasteiger partial charge is 0.847 e. The minimum Gasteiger partial charge on any atom is -0.847 e. The van der Waals surface area contributed by atoms with Crippen molar-refractivity contribution in [1.29, 1.82) is 0 Å². The van der Waals surface area contributed by atoms with Crippen LogP contribution in [-0.4, -0.2) is 24.6 Å². The minimum atomic E-state index is -0.370. The van der Waals surface area contributed by atoms with Crippen LogP contribution < -0.4 is 19.3 Å². The lowest BCUT2D eigenvalue weighted by Gasteiger charge is -2.73. The molecular formula is C46H64N2O6. The Bertz CT molecular complexity index is 1760. The fourth-order valence-electron chi connectivity index (χ4n) is 14.1. The number of fused-ring (bicyclic) bond motifs is 7. The van der Waals surface area contributed by atoms with Crippen LogP contribution in [0.3, 0.4) is 0 Å². The van der Waals surface area contributed by atoms with Crippen molar-refractivity contribution < 1.29 is 38.4 Å². The van der Waals surface area contributed by atoms with E-state index >= 15 is 0 Å². The maximum absolute atomic E-state index is 13.3. The molecule has 5 fully saturated rings. The molecule has 0 spiro atoms. The third kappa shape index (κ3) is 6.26. The molecule has 5 aliphatic carbocycles. The Morgan fingerprint density at radius 3 is 2.04 bits per heavy atom. The van der Waals surface area contributed by atoms with Crippen LogP contribution in [0.2, 0.25) is 0 Å². The van der Waals surface area contributed by atoms with Crippen molar-refractivity contribution in [3.8, 4) is 0 Å². The quantitative estimate of drug-likeness (QED) is 0.174. The van der Waals surface area contributed by atoms with Crippen LogP contribution >= 0.6 is 0 Å². The Balaban J connectivity index is 1.09. The topological polar surface area (TPSA) is 106 Å². The lowest BCUT2D eigenvalue weighted by molar-refractivity contribution is -0.702. The van der Waals surface area contributed by atoms with E-state index < -0.39 is 0 Å². The SMILES string of the molecule is C=C(C)[C@@H]1CC[C@]2(COC(=O)C[n+]3ccccc3C[O-])CC[C@]3(C)C(CCC4[C@@]5(C)CC[C@H](OC(=O)C[n+]6ccccc6C[O-])C(C)(C)C5CC[C@]43C)C12. The molecule has 0 radical (unpaired) electrons. The summed E-state index contributed by atoms with van der Waals surface area (Å²) in [6.45, 7) is 19.1. The van der Waals surface area contributed by atoms with Gasteiger partial charge in [0.1, 0.15) is 6.10 Å². The predicted octanol–water partition coefficient (Wildman–Crippen LogP) is 5.80. The van der Waals surface area contributed by atoms with Gasteiger partial charge in [0.25, 0.3) is 0 Å². The van der Waals surface area contributed by atoms with E-state index in [1.54, 1.807) is 33.7 Å². The van der Waals surface area contributed by atoms with E-state index in [4.69, 9.17) is 9.47 Å². The van der Waals surface area contributed by atoms with Crippen LogP contribution in [0.15, 0.2) is 60.9 Å². The summed E-state index contributed by atoms with van der Waals surface area (Å²) in [5.41, 5.74) is 2.70. The highest BCUT2D eigenvalue weighted by Gasteiger charge is 2.71. The first-order valence-corrected chi connectivity index (χ1v) is 20.7. The highest BCUT2D eigenvalue weighted by molar-refractivity contribution is 5.68. The lowest BCUT2D eigenvalue weighted by atomic mass is 9.32. The lowest BCUT2D eigenvalue weighted by Crippen LogP contribution is -2.67. The molecule has 0 saturated heterocycles. The van der Waals surface area contributed by atoms with Gasteiger partial charge < -0.3 is 19.7 Å². The van der Waals surface area contributed by atoms with Crippen molar-refractivity contribution in [3.05, 3.63) is 72.3 Å². The van der Waals surface area contributed by atoms with Crippen molar-refractivity contribution in [3.63, 3.8) is 0 Å². The second-order valence-electron chi connectivity index (χ2n) is 19.5. The number of hydrogen-bond acceptors (Lipinski definition) is 6. The smallest absolute Gasteiger partial charge is 0.372 e. The Morgan fingerprint density at radius 2 is 1.41 bits per heavy atom. The van der Waals surface area contributed by atoms with E-state index in [2.05, 4.69) is 48.1 Å². The number of hydrogen-bond donors (Lipinski definition) is 0. The molecule has 294 valence electrons. The molecule has 5 saturated carbocycles. The van der Waals surface area contributed by atoms with Gasteiger partial charge >= 0.3 is 11.9 Å². The summed E-state index contributed by atoms with van der Waals surface area (Å²) in [6.07, 6.45) is 14.4. The molecule has 7 rings (SSSR count). The first-order valence-electron chi connectivity index (χ1n) is 20.7. The zero-order valence-corrected chi connectivity index (χ0v) is 33.7. The number of nitrogens with zero attached hydrogens (tertiary/aromatic N) is 2. The van der Waals surface area contributed by atoms with Crippen LogP contribution in [0.5, 0.6) is 0 Å². The normalized spacial score (nSPS) is 37.9. The first-order chi connectivity index (χ1) is 25.6. The monoisotopic (exact) mass is 740 g/mol. The zero-order valence-electron chi connectivity index (χ0n) is 33.7. The maximum Gasteiger partial charge on any atom is 0.372 e. The number of pyridine rings is 2. The second-order valence-corrected chi connectivity index (χ2v) is 19.5. The van der Waals surface area contributed by atoms with Gasteiger partial charge in [-0.05, 0) is 117 Å². The van der Waals surface area contributed by atoms with E-state index in [-0.39, 0.29) is 71.4 Å². The van der Waals surface area contributed by atoms with Crippen LogP contribution in [0, 0.1) is 56.7 Å². The van der Waals surface area contributed by atoms with Crippen molar-refractivity contribution in [2.45, 2.75) is 138 Å². The number of esters is 2. The average molecular weight is 741 g/mol. The molecule has 0 aromatic carbocycles. The molecule has 2 aromatic heterocycles.